The summed E-state index contributed by atoms with van der Waals surface area (Å²) >= 11 is 0. The Morgan fingerprint density at radius 3 is 2.31 bits per heavy atom. The molecule has 0 radical (unpaired) electrons. The number of carbonyl (C=O) groups is 1. The van der Waals surface area contributed by atoms with Crippen LogP contribution in [0.5, 0.6) is 5.75 Å². The number of alkyl halides is 3. The van der Waals surface area contributed by atoms with Crippen LogP contribution in [0.1, 0.15) is 23.6 Å². The van der Waals surface area contributed by atoms with Crippen LogP contribution in [0.3, 0.4) is 0 Å². The number of nitrogens with zero attached hydrogens (tertiary/aromatic N) is 2. The fourth-order valence-electron chi connectivity index (χ4n) is 2.29. The van der Waals surface area contributed by atoms with Gasteiger partial charge in [-0.05, 0) is 49.4 Å². The lowest BCUT2D eigenvalue weighted by atomic mass is 9.91. The third kappa shape index (κ3) is 5.24. The second kappa shape index (κ2) is 8.63. The van der Waals surface area contributed by atoms with E-state index in [1.54, 1.807) is 0 Å². The zero-order valence-electron chi connectivity index (χ0n) is 15.2. The summed E-state index contributed by atoms with van der Waals surface area (Å²) in [5.74, 6) is -0.402. The van der Waals surface area contributed by atoms with Gasteiger partial charge >= 0.3 is 6.18 Å². The van der Waals surface area contributed by atoms with Crippen LogP contribution in [0.2, 0.25) is 0 Å². The highest BCUT2D eigenvalue weighted by molar-refractivity contribution is 5.95. The molecule has 9 heteroatoms. The van der Waals surface area contributed by atoms with Crippen LogP contribution < -0.4 is 10.1 Å². The van der Waals surface area contributed by atoms with E-state index >= 15 is 0 Å². The van der Waals surface area contributed by atoms with Crippen molar-refractivity contribution < 1.29 is 27.8 Å². The van der Waals surface area contributed by atoms with Gasteiger partial charge in [0.2, 0.25) is 5.91 Å². The minimum absolute atomic E-state index is 0.167. The molecule has 0 unspecified atom stereocenters. The predicted octanol–water partition coefficient (Wildman–Crippen LogP) is 3.46. The van der Waals surface area contributed by atoms with Gasteiger partial charge in [0.1, 0.15) is 17.8 Å². The number of ether oxygens (including phenoxy) is 1. The van der Waals surface area contributed by atoms with Crippen molar-refractivity contribution in [2.45, 2.75) is 13.1 Å². The number of anilines is 1. The molecule has 0 fully saturated rings. The molecule has 0 heterocycles. The molecule has 2 rings (SSSR count). The van der Waals surface area contributed by atoms with E-state index in [-0.39, 0.29) is 12.3 Å². The lowest BCUT2D eigenvalue weighted by Gasteiger charge is -2.26. The first-order valence-electron chi connectivity index (χ1n) is 8.29. The number of halogens is 3. The Balaban J connectivity index is 2.16. The van der Waals surface area contributed by atoms with Crippen molar-refractivity contribution in [1.29, 1.82) is 10.5 Å². The van der Waals surface area contributed by atoms with E-state index in [1.165, 1.54) is 43.3 Å². The highest BCUT2D eigenvalue weighted by Crippen LogP contribution is 2.34. The third-order valence-electron chi connectivity index (χ3n) is 4.14. The van der Waals surface area contributed by atoms with Gasteiger partial charge in [-0.15, -0.1) is 0 Å². The van der Waals surface area contributed by atoms with Crippen LogP contribution in [0, 0.1) is 28.1 Å². The average molecular weight is 403 g/mol. The summed E-state index contributed by atoms with van der Waals surface area (Å²) in [4.78, 5) is 12.6. The van der Waals surface area contributed by atoms with Gasteiger partial charge in [0.25, 0.3) is 0 Å². The van der Waals surface area contributed by atoms with Gasteiger partial charge in [0, 0.05) is 5.69 Å². The summed E-state index contributed by atoms with van der Waals surface area (Å²) < 4.78 is 44.7. The second-order valence-corrected chi connectivity index (χ2v) is 6.47. The number of carbonyl (C=O) groups excluding carboxylic acids is 1. The van der Waals surface area contributed by atoms with Crippen LogP contribution in [0.15, 0.2) is 42.5 Å². The molecule has 6 nitrogen and oxygen atoms in total. The van der Waals surface area contributed by atoms with E-state index in [1.807, 2.05) is 6.07 Å². The highest BCUT2D eigenvalue weighted by atomic mass is 19.4. The first-order chi connectivity index (χ1) is 13.6. The molecule has 1 atom stereocenters. The molecule has 2 N–H and O–H groups in total. The smallest absolute Gasteiger partial charge is 0.417 e. The van der Waals surface area contributed by atoms with Crippen molar-refractivity contribution >= 4 is 11.6 Å². The van der Waals surface area contributed by atoms with Gasteiger partial charge in [0.15, 0.2) is 0 Å². The molecule has 2 aromatic carbocycles. The van der Waals surface area contributed by atoms with Crippen molar-refractivity contribution in [2.24, 2.45) is 5.41 Å². The molecule has 2 aromatic rings. The number of aliphatic hydroxyl groups is 1. The van der Waals surface area contributed by atoms with E-state index < -0.39 is 35.2 Å². The van der Waals surface area contributed by atoms with Crippen LogP contribution in [0.4, 0.5) is 18.9 Å². The first kappa shape index (κ1) is 21.7. The Bertz CT molecular complexity index is 976. The average Bonchev–Trinajstić information content (AvgIpc) is 2.71. The zero-order chi connectivity index (χ0) is 21.7. The summed E-state index contributed by atoms with van der Waals surface area (Å²) in [5, 5.41) is 29.6. The van der Waals surface area contributed by atoms with Gasteiger partial charge in [-0.1, -0.05) is 0 Å². The lowest BCUT2D eigenvalue weighted by Crippen LogP contribution is -2.41. The number of amides is 1. The third-order valence-corrected chi connectivity index (χ3v) is 4.14. The molecule has 0 spiro atoms. The summed E-state index contributed by atoms with van der Waals surface area (Å²) in [6.07, 6.45) is -4.76. The molecular formula is C20H16F3N3O3. The quantitative estimate of drug-likeness (QED) is 0.768. The number of nitrogens with one attached hydrogen (secondary N) is 1. The number of hydrogen-bond acceptors (Lipinski definition) is 5. The fraction of sp³-hybridized carbons (Fsp3) is 0.250. The molecule has 0 aliphatic rings. The number of hydrogen-bond donors (Lipinski definition) is 2. The summed E-state index contributed by atoms with van der Waals surface area (Å²) in [5.41, 5.74) is -2.94. The van der Waals surface area contributed by atoms with Crippen LogP contribution >= 0.6 is 0 Å². The molecule has 150 valence electrons. The van der Waals surface area contributed by atoms with Gasteiger partial charge in [-0.3, -0.25) is 4.79 Å². The lowest BCUT2D eigenvalue weighted by molar-refractivity contribution is -0.137. The van der Waals surface area contributed by atoms with Crippen molar-refractivity contribution in [3.05, 3.63) is 59.2 Å². The fourth-order valence-corrected chi connectivity index (χ4v) is 2.29. The Kier molecular flexibility index (Phi) is 6.47. The SMILES string of the molecule is C[C@](CO)(COc1ccc(C#N)cc1)C(=O)Nc1ccc(C#N)c(C(F)(F)F)c1. The largest absolute Gasteiger partial charge is 0.492 e. The van der Waals surface area contributed by atoms with E-state index in [9.17, 15) is 23.1 Å². The van der Waals surface area contributed by atoms with Gasteiger partial charge < -0.3 is 15.2 Å². The first-order valence-corrected chi connectivity index (χ1v) is 8.29. The van der Waals surface area contributed by atoms with Crippen molar-refractivity contribution in [2.75, 3.05) is 18.5 Å². The predicted molar refractivity (Wildman–Crippen MR) is 96.6 cm³/mol. The highest BCUT2D eigenvalue weighted by Gasteiger charge is 2.36. The van der Waals surface area contributed by atoms with Crippen molar-refractivity contribution in [3.63, 3.8) is 0 Å². The normalized spacial score (nSPS) is 12.9. The standard InChI is InChI=1S/C20H16F3N3O3/c1-19(11-27,12-29-16-6-2-13(9-24)3-7-16)18(28)26-15-5-4-14(10-25)17(8-15)20(21,22)23/h2-8,27H,11-12H2,1H3,(H,26,28)/t19-/m0/s1. The summed E-state index contributed by atoms with van der Waals surface area (Å²) in [6, 6.07) is 12.3. The Morgan fingerprint density at radius 2 is 1.79 bits per heavy atom. The minimum atomic E-state index is -4.76. The summed E-state index contributed by atoms with van der Waals surface area (Å²) in [6.45, 7) is 0.501. The van der Waals surface area contributed by atoms with E-state index in [0.717, 1.165) is 6.07 Å². The number of rotatable bonds is 6. The molecule has 1 amide bonds. The maximum Gasteiger partial charge on any atom is 0.417 e. The maximum atomic E-state index is 13.1. The molecule has 0 saturated carbocycles. The molecule has 0 saturated heterocycles. The monoisotopic (exact) mass is 403 g/mol. The van der Waals surface area contributed by atoms with E-state index in [0.29, 0.717) is 17.4 Å². The maximum absolute atomic E-state index is 13.1. The summed E-state index contributed by atoms with van der Waals surface area (Å²) in [7, 11) is 0. The van der Waals surface area contributed by atoms with Gasteiger partial charge in [-0.2, -0.15) is 23.7 Å². The van der Waals surface area contributed by atoms with Crippen molar-refractivity contribution in [3.8, 4) is 17.9 Å². The van der Waals surface area contributed by atoms with Crippen LogP contribution in [-0.4, -0.2) is 24.2 Å². The Hall–Kier alpha value is -3.56. The van der Waals surface area contributed by atoms with E-state index in [2.05, 4.69) is 5.32 Å². The number of nitriles is 2. The molecule has 0 bridgehead atoms. The topological polar surface area (TPSA) is 106 Å². The van der Waals surface area contributed by atoms with E-state index in [4.69, 9.17) is 15.3 Å². The molecule has 0 aliphatic heterocycles. The van der Waals surface area contributed by atoms with Crippen LogP contribution in [-0.2, 0) is 11.0 Å². The minimum Gasteiger partial charge on any atom is -0.492 e. The Labute approximate surface area is 164 Å². The molecule has 0 aromatic heterocycles. The zero-order valence-corrected chi connectivity index (χ0v) is 15.2. The van der Waals surface area contributed by atoms with Crippen molar-refractivity contribution in [1.82, 2.24) is 0 Å². The van der Waals surface area contributed by atoms with Gasteiger partial charge in [0.05, 0.1) is 35.4 Å². The molecular weight excluding hydrogens is 387 g/mol. The van der Waals surface area contributed by atoms with Crippen LogP contribution in [0.25, 0.3) is 0 Å². The number of benzene rings is 2. The second-order valence-electron chi connectivity index (χ2n) is 6.47. The molecule has 0 aliphatic carbocycles. The van der Waals surface area contributed by atoms with Gasteiger partial charge in [-0.25, -0.2) is 0 Å². The number of aliphatic hydroxyl groups excluding tert-OH is 1. The Morgan fingerprint density at radius 1 is 1.14 bits per heavy atom. The molecule has 29 heavy (non-hydrogen) atoms.